The molecule has 1 aliphatic rings. The van der Waals surface area contributed by atoms with Crippen LogP contribution in [-0.2, 0) is 6.42 Å². The first-order valence-corrected chi connectivity index (χ1v) is 5.51. The van der Waals surface area contributed by atoms with Gasteiger partial charge in [0.2, 0.25) is 0 Å². The van der Waals surface area contributed by atoms with Gasteiger partial charge in [0.25, 0.3) is 0 Å². The number of anilines is 1. The van der Waals surface area contributed by atoms with Gasteiger partial charge in [-0.15, -0.1) is 0 Å². The average Bonchev–Trinajstić information content (AvgIpc) is 2.66. The van der Waals surface area contributed by atoms with Crippen molar-refractivity contribution in [2.75, 3.05) is 24.5 Å². The zero-order valence-electron chi connectivity index (χ0n) is 8.89. The number of nitrogens with zero attached hydrogens (tertiary/aromatic N) is 1. The molecular formula is C12H18N2O. The van der Waals surface area contributed by atoms with Crippen LogP contribution < -0.4 is 10.6 Å². The third-order valence-corrected chi connectivity index (χ3v) is 2.87. The van der Waals surface area contributed by atoms with Crippen LogP contribution in [0.25, 0.3) is 0 Å². The molecule has 3 N–H and O–H groups in total. The highest BCUT2D eigenvalue weighted by Crippen LogP contribution is 2.21. The van der Waals surface area contributed by atoms with Crippen molar-refractivity contribution in [2.45, 2.75) is 18.9 Å². The molecule has 1 atom stereocenters. The SMILES string of the molecule is NCCc1cccc(N2CCC(O)C2)c1. The van der Waals surface area contributed by atoms with E-state index in [-0.39, 0.29) is 6.10 Å². The Bertz CT molecular complexity index is 327. The lowest BCUT2D eigenvalue weighted by molar-refractivity contribution is 0.198. The number of benzene rings is 1. The van der Waals surface area contributed by atoms with E-state index in [9.17, 15) is 5.11 Å². The first-order valence-electron chi connectivity index (χ1n) is 5.51. The summed E-state index contributed by atoms with van der Waals surface area (Å²) >= 11 is 0. The first-order chi connectivity index (χ1) is 7.29. The number of aliphatic hydroxyl groups is 1. The highest BCUT2D eigenvalue weighted by atomic mass is 16.3. The molecule has 1 aromatic rings. The smallest absolute Gasteiger partial charge is 0.0731 e. The number of β-amino-alcohol motifs (C(OH)–C–C–N with tert-alkyl or cyclic N) is 1. The molecule has 0 amide bonds. The standard InChI is InChI=1S/C12H18N2O/c13-6-4-10-2-1-3-11(8-10)14-7-5-12(15)9-14/h1-3,8,12,15H,4-7,9,13H2. The fourth-order valence-corrected chi connectivity index (χ4v) is 2.05. The predicted octanol–water partition coefficient (Wildman–Crippen LogP) is 0.759. The molecule has 2 rings (SSSR count). The Morgan fingerprint density at radius 1 is 1.47 bits per heavy atom. The van der Waals surface area contributed by atoms with Crippen molar-refractivity contribution >= 4 is 5.69 Å². The molecule has 1 aliphatic heterocycles. The highest BCUT2D eigenvalue weighted by molar-refractivity contribution is 5.49. The second-order valence-electron chi connectivity index (χ2n) is 4.10. The fourth-order valence-electron chi connectivity index (χ4n) is 2.05. The quantitative estimate of drug-likeness (QED) is 0.767. The van der Waals surface area contributed by atoms with Gasteiger partial charge in [0, 0.05) is 18.8 Å². The molecule has 0 bridgehead atoms. The van der Waals surface area contributed by atoms with Crippen LogP contribution in [0.2, 0.25) is 0 Å². The van der Waals surface area contributed by atoms with E-state index in [1.54, 1.807) is 0 Å². The van der Waals surface area contributed by atoms with Crippen molar-refractivity contribution < 1.29 is 5.11 Å². The predicted molar refractivity (Wildman–Crippen MR) is 62.0 cm³/mol. The van der Waals surface area contributed by atoms with Crippen LogP contribution in [0.4, 0.5) is 5.69 Å². The molecule has 3 nitrogen and oxygen atoms in total. The topological polar surface area (TPSA) is 49.5 Å². The molecule has 1 fully saturated rings. The molecular weight excluding hydrogens is 188 g/mol. The fraction of sp³-hybridized carbons (Fsp3) is 0.500. The second kappa shape index (κ2) is 4.64. The van der Waals surface area contributed by atoms with E-state index < -0.39 is 0 Å². The summed E-state index contributed by atoms with van der Waals surface area (Å²) in [6.45, 7) is 2.39. The summed E-state index contributed by atoms with van der Waals surface area (Å²) < 4.78 is 0. The Morgan fingerprint density at radius 2 is 2.33 bits per heavy atom. The molecule has 1 aromatic carbocycles. The third kappa shape index (κ3) is 2.49. The maximum absolute atomic E-state index is 9.47. The molecule has 0 saturated carbocycles. The van der Waals surface area contributed by atoms with Crippen LogP contribution in [-0.4, -0.2) is 30.8 Å². The molecule has 0 aromatic heterocycles. The van der Waals surface area contributed by atoms with E-state index in [2.05, 4.69) is 29.2 Å². The van der Waals surface area contributed by atoms with E-state index in [1.807, 2.05) is 0 Å². The van der Waals surface area contributed by atoms with Gasteiger partial charge in [0.15, 0.2) is 0 Å². The Morgan fingerprint density at radius 3 is 3.00 bits per heavy atom. The highest BCUT2D eigenvalue weighted by Gasteiger charge is 2.20. The van der Waals surface area contributed by atoms with Crippen molar-refractivity contribution in [3.63, 3.8) is 0 Å². The molecule has 0 spiro atoms. The van der Waals surface area contributed by atoms with Gasteiger partial charge in [-0.25, -0.2) is 0 Å². The minimum absolute atomic E-state index is 0.164. The molecule has 0 radical (unpaired) electrons. The summed E-state index contributed by atoms with van der Waals surface area (Å²) in [6, 6.07) is 8.43. The molecule has 1 unspecified atom stereocenters. The Hall–Kier alpha value is -1.06. The molecule has 15 heavy (non-hydrogen) atoms. The van der Waals surface area contributed by atoms with Gasteiger partial charge in [-0.2, -0.15) is 0 Å². The molecule has 1 heterocycles. The molecule has 82 valence electrons. The van der Waals surface area contributed by atoms with Crippen LogP contribution in [0.3, 0.4) is 0 Å². The Labute approximate surface area is 90.5 Å². The Balaban J connectivity index is 2.10. The van der Waals surface area contributed by atoms with Crippen molar-refractivity contribution in [3.8, 4) is 0 Å². The summed E-state index contributed by atoms with van der Waals surface area (Å²) in [6.07, 6.45) is 1.63. The Kier molecular flexibility index (Phi) is 3.23. The van der Waals surface area contributed by atoms with E-state index >= 15 is 0 Å². The van der Waals surface area contributed by atoms with E-state index in [1.165, 1.54) is 11.3 Å². The van der Waals surface area contributed by atoms with Gasteiger partial charge >= 0.3 is 0 Å². The van der Waals surface area contributed by atoms with Crippen molar-refractivity contribution in [2.24, 2.45) is 5.73 Å². The molecule has 0 aliphatic carbocycles. The van der Waals surface area contributed by atoms with Gasteiger partial charge in [0.05, 0.1) is 6.10 Å². The average molecular weight is 206 g/mol. The van der Waals surface area contributed by atoms with Crippen molar-refractivity contribution in [3.05, 3.63) is 29.8 Å². The van der Waals surface area contributed by atoms with Crippen LogP contribution in [0, 0.1) is 0 Å². The largest absolute Gasteiger partial charge is 0.391 e. The minimum Gasteiger partial charge on any atom is -0.391 e. The molecule has 1 saturated heterocycles. The van der Waals surface area contributed by atoms with Crippen LogP contribution >= 0.6 is 0 Å². The van der Waals surface area contributed by atoms with Gasteiger partial charge in [-0.1, -0.05) is 12.1 Å². The number of rotatable bonds is 3. The normalized spacial score (nSPS) is 20.9. The summed E-state index contributed by atoms with van der Waals surface area (Å²) in [5.74, 6) is 0. The molecule has 3 heteroatoms. The number of aliphatic hydroxyl groups excluding tert-OH is 1. The van der Waals surface area contributed by atoms with Crippen LogP contribution in [0.5, 0.6) is 0 Å². The van der Waals surface area contributed by atoms with E-state index in [0.717, 1.165) is 25.9 Å². The van der Waals surface area contributed by atoms with Gasteiger partial charge < -0.3 is 15.7 Å². The van der Waals surface area contributed by atoms with Crippen LogP contribution in [0.1, 0.15) is 12.0 Å². The minimum atomic E-state index is -0.164. The maximum atomic E-state index is 9.47. The third-order valence-electron chi connectivity index (χ3n) is 2.87. The van der Waals surface area contributed by atoms with Crippen LogP contribution in [0.15, 0.2) is 24.3 Å². The lowest BCUT2D eigenvalue weighted by Crippen LogP contribution is -2.21. The van der Waals surface area contributed by atoms with E-state index in [4.69, 9.17) is 5.73 Å². The van der Waals surface area contributed by atoms with E-state index in [0.29, 0.717) is 6.54 Å². The summed E-state index contributed by atoms with van der Waals surface area (Å²) in [5, 5.41) is 9.47. The zero-order valence-corrected chi connectivity index (χ0v) is 8.89. The zero-order chi connectivity index (χ0) is 10.7. The van der Waals surface area contributed by atoms with Gasteiger partial charge in [-0.05, 0) is 37.1 Å². The lowest BCUT2D eigenvalue weighted by Gasteiger charge is -2.18. The number of nitrogens with two attached hydrogens (primary N) is 1. The summed E-state index contributed by atoms with van der Waals surface area (Å²) in [7, 11) is 0. The van der Waals surface area contributed by atoms with Crippen molar-refractivity contribution in [1.82, 2.24) is 0 Å². The second-order valence-corrected chi connectivity index (χ2v) is 4.10. The lowest BCUT2D eigenvalue weighted by atomic mass is 10.1. The summed E-state index contributed by atoms with van der Waals surface area (Å²) in [4.78, 5) is 2.23. The summed E-state index contributed by atoms with van der Waals surface area (Å²) in [5.41, 5.74) is 8.01. The first kappa shape index (κ1) is 10.5. The number of hydrogen-bond donors (Lipinski definition) is 2. The monoisotopic (exact) mass is 206 g/mol. The van der Waals surface area contributed by atoms with Crippen molar-refractivity contribution in [1.29, 1.82) is 0 Å². The maximum Gasteiger partial charge on any atom is 0.0731 e. The van der Waals surface area contributed by atoms with Gasteiger partial charge in [0.1, 0.15) is 0 Å². The number of hydrogen-bond acceptors (Lipinski definition) is 3. The van der Waals surface area contributed by atoms with Gasteiger partial charge in [-0.3, -0.25) is 0 Å².